The quantitative estimate of drug-likeness (QED) is 0.113. The van der Waals surface area contributed by atoms with E-state index in [1.54, 1.807) is 0 Å². The molecule has 0 heterocycles. The third kappa shape index (κ3) is 9.19. The molecule has 360 valence electrons. The molecular formula is C18F36O6. The van der Waals surface area contributed by atoms with Crippen molar-refractivity contribution in [2.24, 2.45) is 0 Å². The second kappa shape index (κ2) is 14.8. The van der Waals surface area contributed by atoms with Crippen LogP contribution in [0.25, 0.3) is 0 Å². The highest BCUT2D eigenvalue weighted by molar-refractivity contribution is 5.77. The van der Waals surface area contributed by atoms with E-state index in [1.165, 1.54) is 0 Å². The van der Waals surface area contributed by atoms with Crippen LogP contribution >= 0.6 is 0 Å². The molecule has 0 radical (unpaired) electrons. The van der Waals surface area contributed by atoms with Crippen LogP contribution in [0.5, 0.6) is 0 Å². The Morgan fingerprint density at radius 3 is 0.583 bits per heavy atom. The van der Waals surface area contributed by atoms with Gasteiger partial charge in [0.2, 0.25) is 0 Å². The molecule has 0 aromatic rings. The van der Waals surface area contributed by atoms with Gasteiger partial charge in [-0.1, -0.05) is 0 Å². The predicted molar refractivity (Wildman–Crippen MR) is 96.7 cm³/mol. The van der Waals surface area contributed by atoms with E-state index >= 15 is 0 Å². The van der Waals surface area contributed by atoms with E-state index in [9.17, 15) is 163 Å². The Balaban J connectivity index is 8.02. The molecule has 0 saturated carbocycles. The highest BCUT2D eigenvalue weighted by Gasteiger charge is 2.91. The van der Waals surface area contributed by atoms with Gasteiger partial charge in [0.15, 0.2) is 0 Å². The van der Waals surface area contributed by atoms with Gasteiger partial charge in [-0.05, 0) is 0 Å². The molecule has 0 aliphatic rings. The lowest BCUT2D eigenvalue weighted by atomic mass is 10.2. The molecule has 0 fully saturated rings. The van der Waals surface area contributed by atoms with Crippen LogP contribution in [0.1, 0.15) is 0 Å². The van der Waals surface area contributed by atoms with Gasteiger partial charge in [0.1, 0.15) is 0 Å². The van der Waals surface area contributed by atoms with Gasteiger partial charge >= 0.3 is 109 Å². The van der Waals surface area contributed by atoms with Crippen molar-refractivity contribution in [1.29, 1.82) is 0 Å². The smallest absolute Gasteiger partial charge is 0.263 e. The molecule has 5 atom stereocenters. The summed E-state index contributed by atoms with van der Waals surface area (Å²) in [5.74, 6) is -54.2. The summed E-state index contributed by atoms with van der Waals surface area (Å²) in [5, 5.41) is 0. The van der Waals surface area contributed by atoms with Gasteiger partial charge in [-0.2, -0.15) is 158 Å². The van der Waals surface area contributed by atoms with Gasteiger partial charge in [-0.15, -0.1) is 0 Å². The molecule has 0 unspecified atom stereocenters. The van der Waals surface area contributed by atoms with Crippen molar-refractivity contribution < 1.29 is 187 Å². The number of rotatable bonds is 16. The first-order valence-electron chi connectivity index (χ1n) is 12.0. The van der Waals surface area contributed by atoms with Crippen molar-refractivity contribution in [3.05, 3.63) is 0 Å². The summed E-state index contributed by atoms with van der Waals surface area (Å²) >= 11 is 0. The predicted octanol–water partition coefficient (Wildman–Crippen LogP) is 10.9. The Morgan fingerprint density at radius 2 is 0.433 bits per heavy atom. The van der Waals surface area contributed by atoms with E-state index in [2.05, 4.69) is 0 Å². The maximum Gasteiger partial charge on any atom is 0.462 e. The van der Waals surface area contributed by atoms with Gasteiger partial charge in [-0.3, -0.25) is 28.5 Å². The first-order chi connectivity index (χ1) is 25.2. The van der Waals surface area contributed by atoms with Crippen molar-refractivity contribution in [1.82, 2.24) is 0 Å². The van der Waals surface area contributed by atoms with Crippen LogP contribution in [0.2, 0.25) is 0 Å². The van der Waals surface area contributed by atoms with Crippen molar-refractivity contribution in [2.45, 2.75) is 103 Å². The number of ether oxygens (including phenoxy) is 5. The standard InChI is InChI=1S/C18F36O6/c19-1(55)2(20,8(27,28)29)56-15(47,48)4(23,10(33,34)35)58-17(51,52)6(25,12(39,40)41)60-18(53,54)7(26,13(42,43)44)59-16(49,50)5(24,11(36,37)38)57-14(45,46)3(21,22)9(30,31)32/t2-,4+,5-,6+,7+/m0/s1. The third-order valence-corrected chi connectivity index (χ3v) is 5.64. The van der Waals surface area contributed by atoms with Crippen molar-refractivity contribution in [2.75, 3.05) is 0 Å². The maximum absolute atomic E-state index is 14.5. The van der Waals surface area contributed by atoms with Crippen LogP contribution in [-0.4, -0.2) is 109 Å². The Bertz CT molecular complexity index is 1530. The molecule has 6 nitrogen and oxygen atoms in total. The molecule has 0 bridgehead atoms. The highest BCUT2D eigenvalue weighted by atomic mass is 19.5. The van der Waals surface area contributed by atoms with Gasteiger partial charge < -0.3 is 0 Å². The fourth-order valence-electron chi connectivity index (χ4n) is 2.71. The third-order valence-electron chi connectivity index (χ3n) is 5.64. The van der Waals surface area contributed by atoms with Gasteiger partial charge in [0.25, 0.3) is 0 Å². The number of alkyl halides is 35. The second-order valence-electron chi connectivity index (χ2n) is 9.91. The van der Waals surface area contributed by atoms with E-state index in [4.69, 9.17) is 0 Å². The fourth-order valence-corrected chi connectivity index (χ4v) is 2.71. The molecule has 0 aliphatic heterocycles. The van der Waals surface area contributed by atoms with Crippen LogP contribution in [0, 0.1) is 0 Å². The second-order valence-corrected chi connectivity index (χ2v) is 9.91. The summed E-state index contributed by atoms with van der Waals surface area (Å²) in [6, 6.07) is -5.29. The first kappa shape index (κ1) is 57.0. The minimum Gasteiger partial charge on any atom is -0.263 e. The van der Waals surface area contributed by atoms with Crippen LogP contribution in [-0.2, 0) is 28.5 Å². The average molecular weight is 996 g/mol. The number of carbonyl (C=O) groups is 1. The highest BCUT2D eigenvalue weighted by Crippen LogP contribution is 2.62. The monoisotopic (exact) mass is 996 g/mol. The molecule has 0 spiro atoms. The fraction of sp³-hybridized carbons (Fsp3) is 0.944. The van der Waals surface area contributed by atoms with Crippen LogP contribution < -0.4 is 0 Å². The average Bonchev–Trinajstić information content (AvgIpc) is 2.91. The van der Waals surface area contributed by atoms with E-state index in [-0.39, 0.29) is 0 Å². The summed E-state index contributed by atoms with van der Waals surface area (Å²) < 4.78 is 483. The van der Waals surface area contributed by atoms with E-state index in [0.29, 0.717) is 9.47 Å². The van der Waals surface area contributed by atoms with Crippen molar-refractivity contribution in [3.8, 4) is 0 Å². The Hall–Kier alpha value is -3.05. The minimum absolute atomic E-state index is 0.652. The summed E-state index contributed by atoms with van der Waals surface area (Å²) in [4.78, 5) is 10.1. The topological polar surface area (TPSA) is 63.2 Å². The Kier molecular flexibility index (Phi) is 14.0. The molecule has 42 heteroatoms. The van der Waals surface area contributed by atoms with Gasteiger partial charge in [0, 0.05) is 0 Å². The van der Waals surface area contributed by atoms with Crippen molar-refractivity contribution in [3.63, 3.8) is 0 Å². The lowest BCUT2D eigenvalue weighted by Gasteiger charge is -2.44. The maximum atomic E-state index is 14.5. The number of hydrogen-bond donors (Lipinski definition) is 0. The number of carbonyl (C=O) groups excluding carboxylic acids is 1. The minimum atomic E-state index is -9.64. The Labute approximate surface area is 297 Å². The zero-order valence-electron chi connectivity index (χ0n) is 25.1. The zero-order valence-corrected chi connectivity index (χ0v) is 25.1. The molecule has 60 heavy (non-hydrogen) atoms. The molecule has 0 saturated heterocycles. The molecule has 0 aliphatic carbocycles. The van der Waals surface area contributed by atoms with Gasteiger partial charge in [0.05, 0.1) is 0 Å². The summed E-state index contributed by atoms with van der Waals surface area (Å²) in [7, 11) is 0. The lowest BCUT2D eigenvalue weighted by molar-refractivity contribution is -0.600. The first-order valence-corrected chi connectivity index (χ1v) is 12.0. The molecule has 0 aromatic heterocycles. The molecule has 0 N–H and O–H groups in total. The Morgan fingerprint density at radius 1 is 0.250 bits per heavy atom. The van der Waals surface area contributed by atoms with Crippen molar-refractivity contribution >= 4 is 6.04 Å². The van der Waals surface area contributed by atoms with Crippen LogP contribution in [0.3, 0.4) is 0 Å². The number of hydrogen-bond acceptors (Lipinski definition) is 6. The molecule has 0 rings (SSSR count). The normalized spacial score (nSPS) is 20.7. The summed E-state index contributed by atoms with van der Waals surface area (Å²) in [6.07, 6.45) is -98.7. The van der Waals surface area contributed by atoms with E-state index in [0.717, 1.165) is 14.2 Å². The summed E-state index contributed by atoms with van der Waals surface area (Å²) in [6.45, 7) is 0. The number of halogens is 36. The molecule has 0 amide bonds. The molecular weight excluding hydrogens is 996 g/mol. The lowest BCUT2D eigenvalue weighted by Crippen LogP contribution is -2.73. The van der Waals surface area contributed by atoms with E-state index in [1.807, 2.05) is 0 Å². The molecule has 0 aromatic carbocycles. The summed E-state index contributed by atoms with van der Waals surface area (Å²) in [5.41, 5.74) is 0. The van der Waals surface area contributed by atoms with Gasteiger partial charge in [-0.25, -0.2) is 0 Å². The largest absolute Gasteiger partial charge is 0.462 e. The van der Waals surface area contributed by atoms with E-state index < -0.39 is 109 Å². The SMILES string of the molecule is O=C(F)[C@](F)(OC(F)(F)[C@](F)(OC(F)(F)[C@](F)(OC(F)(F)[C@](F)(OC(F)(F)[C@@](F)(OC(F)(F)C(F)(F)C(F)(F)F)C(F)(F)F)C(F)(F)F)C(F)(F)F)C(F)(F)F)C(F)(F)F. The van der Waals surface area contributed by atoms with Crippen LogP contribution in [0.4, 0.5) is 158 Å². The zero-order chi connectivity index (χ0) is 49.6. The van der Waals surface area contributed by atoms with Crippen LogP contribution in [0.15, 0.2) is 0 Å².